The summed E-state index contributed by atoms with van der Waals surface area (Å²) in [7, 11) is 3.26. The molecule has 2 rings (SSSR count). The zero-order valence-electron chi connectivity index (χ0n) is 11.6. The Labute approximate surface area is 114 Å². The van der Waals surface area contributed by atoms with Gasteiger partial charge in [-0.2, -0.15) is 0 Å². The third kappa shape index (κ3) is 3.36. The summed E-state index contributed by atoms with van der Waals surface area (Å²) in [4.78, 5) is 6.71. The van der Waals surface area contributed by atoms with Gasteiger partial charge >= 0.3 is 0 Å². The van der Waals surface area contributed by atoms with Crippen molar-refractivity contribution in [3.63, 3.8) is 0 Å². The molecule has 19 heavy (non-hydrogen) atoms. The van der Waals surface area contributed by atoms with Gasteiger partial charge in [-0.15, -0.1) is 0 Å². The molecule has 5 nitrogen and oxygen atoms in total. The summed E-state index contributed by atoms with van der Waals surface area (Å²) in [6.45, 7) is 2.95. The van der Waals surface area contributed by atoms with E-state index in [4.69, 9.17) is 9.47 Å². The highest BCUT2D eigenvalue weighted by Crippen LogP contribution is 2.30. The van der Waals surface area contributed by atoms with Gasteiger partial charge in [0.05, 0.1) is 14.2 Å². The number of hydrogen-bond donors (Lipinski definition) is 1. The maximum Gasteiger partial charge on any atom is 0.183 e. The van der Waals surface area contributed by atoms with Crippen LogP contribution in [0.2, 0.25) is 0 Å². The van der Waals surface area contributed by atoms with E-state index in [1.54, 1.807) is 26.5 Å². The molecule has 1 unspecified atom stereocenters. The monoisotopic (exact) mass is 266 g/mol. The number of methoxy groups -OCH3 is 2. The first-order chi connectivity index (χ1) is 9.28. The number of pyridine rings is 1. The number of ether oxygens (including phenoxy) is 2. The molecule has 1 saturated heterocycles. The highest BCUT2D eigenvalue weighted by Gasteiger charge is 2.21. The van der Waals surface area contributed by atoms with Crippen LogP contribution >= 0.6 is 0 Å². The molecule has 0 aliphatic carbocycles. The van der Waals surface area contributed by atoms with Crippen LogP contribution in [0.25, 0.3) is 0 Å². The summed E-state index contributed by atoms with van der Waals surface area (Å²) in [5.41, 5.74) is 0.889. The Balaban J connectivity index is 2.10. The average Bonchev–Trinajstić information content (AvgIpc) is 2.47. The summed E-state index contributed by atoms with van der Waals surface area (Å²) in [5.74, 6) is 1.80. The molecule has 1 aliphatic heterocycles. The lowest BCUT2D eigenvalue weighted by atomic mass is 9.99. The van der Waals surface area contributed by atoms with E-state index in [-0.39, 0.29) is 6.61 Å². The van der Waals surface area contributed by atoms with Crippen molar-refractivity contribution in [2.24, 2.45) is 5.92 Å². The minimum Gasteiger partial charge on any atom is -0.493 e. The van der Waals surface area contributed by atoms with Crippen molar-refractivity contribution in [1.82, 2.24) is 9.88 Å². The van der Waals surface area contributed by atoms with Crippen LogP contribution in [0.5, 0.6) is 11.5 Å². The third-order valence-corrected chi connectivity index (χ3v) is 3.60. The third-order valence-electron chi connectivity index (χ3n) is 3.60. The van der Waals surface area contributed by atoms with Crippen LogP contribution in [0.1, 0.15) is 18.5 Å². The van der Waals surface area contributed by atoms with Gasteiger partial charge in [0.1, 0.15) is 5.69 Å². The number of aliphatic hydroxyl groups is 1. The van der Waals surface area contributed by atoms with Gasteiger partial charge in [-0.3, -0.25) is 9.88 Å². The van der Waals surface area contributed by atoms with Crippen LogP contribution in [0.15, 0.2) is 12.3 Å². The fourth-order valence-corrected chi connectivity index (χ4v) is 2.62. The van der Waals surface area contributed by atoms with Crippen LogP contribution < -0.4 is 9.47 Å². The number of piperidine rings is 1. The van der Waals surface area contributed by atoms with E-state index >= 15 is 0 Å². The second kappa shape index (κ2) is 6.73. The Bertz CT molecular complexity index is 412. The molecule has 106 valence electrons. The van der Waals surface area contributed by atoms with Gasteiger partial charge in [0, 0.05) is 32.0 Å². The first-order valence-corrected chi connectivity index (χ1v) is 6.67. The van der Waals surface area contributed by atoms with Gasteiger partial charge in [0.2, 0.25) is 0 Å². The summed E-state index contributed by atoms with van der Waals surface area (Å²) in [6, 6.07) is 1.80. The largest absolute Gasteiger partial charge is 0.493 e. The predicted octanol–water partition coefficient (Wildman–Crippen LogP) is 1.30. The average molecular weight is 266 g/mol. The smallest absolute Gasteiger partial charge is 0.183 e. The lowest BCUT2D eigenvalue weighted by Crippen LogP contribution is -2.36. The summed E-state index contributed by atoms with van der Waals surface area (Å²) in [6.07, 6.45) is 3.97. The fourth-order valence-electron chi connectivity index (χ4n) is 2.62. The zero-order valence-corrected chi connectivity index (χ0v) is 11.6. The van der Waals surface area contributed by atoms with Gasteiger partial charge in [-0.1, -0.05) is 0 Å². The van der Waals surface area contributed by atoms with Crippen molar-refractivity contribution in [1.29, 1.82) is 0 Å². The highest BCUT2D eigenvalue weighted by atomic mass is 16.5. The van der Waals surface area contributed by atoms with E-state index in [9.17, 15) is 5.11 Å². The molecule has 0 radical (unpaired) electrons. The topological polar surface area (TPSA) is 54.8 Å². The molecular formula is C14H22N2O3. The normalized spacial score (nSPS) is 20.3. The second-order valence-corrected chi connectivity index (χ2v) is 4.92. The summed E-state index contributed by atoms with van der Waals surface area (Å²) >= 11 is 0. The molecule has 1 aliphatic rings. The molecule has 0 aromatic carbocycles. The molecule has 1 aromatic heterocycles. The lowest BCUT2D eigenvalue weighted by Gasteiger charge is -2.31. The molecule has 0 amide bonds. The maximum atomic E-state index is 9.27. The standard InChI is InChI=1S/C14H22N2O3/c1-18-13-5-6-15-12(14(13)19-2)9-16-7-3-4-11(8-16)10-17/h5-6,11,17H,3-4,7-10H2,1-2H3. The maximum absolute atomic E-state index is 9.27. The van der Waals surface area contributed by atoms with Gasteiger partial charge in [-0.05, 0) is 25.3 Å². The van der Waals surface area contributed by atoms with E-state index in [0.29, 0.717) is 17.4 Å². The van der Waals surface area contributed by atoms with E-state index in [1.807, 2.05) is 0 Å². The molecular weight excluding hydrogens is 244 g/mol. The Morgan fingerprint density at radius 2 is 2.26 bits per heavy atom. The second-order valence-electron chi connectivity index (χ2n) is 4.92. The van der Waals surface area contributed by atoms with Crippen LogP contribution in [-0.4, -0.2) is 48.9 Å². The van der Waals surface area contributed by atoms with Crippen LogP contribution in [0.3, 0.4) is 0 Å². The molecule has 0 saturated carbocycles. The van der Waals surface area contributed by atoms with Gasteiger partial charge in [-0.25, -0.2) is 0 Å². The Hall–Kier alpha value is -1.33. The molecule has 1 aromatic rings. The first-order valence-electron chi connectivity index (χ1n) is 6.67. The van der Waals surface area contributed by atoms with E-state index in [0.717, 1.165) is 38.2 Å². The molecule has 2 heterocycles. The summed E-state index contributed by atoms with van der Waals surface area (Å²) in [5, 5.41) is 9.27. The quantitative estimate of drug-likeness (QED) is 0.870. The Morgan fingerprint density at radius 3 is 2.95 bits per heavy atom. The minimum atomic E-state index is 0.263. The molecule has 0 bridgehead atoms. The van der Waals surface area contributed by atoms with Gasteiger partial charge in [0.25, 0.3) is 0 Å². The molecule has 1 N–H and O–H groups in total. The van der Waals surface area contributed by atoms with E-state index in [2.05, 4.69) is 9.88 Å². The predicted molar refractivity (Wildman–Crippen MR) is 72.4 cm³/mol. The number of hydrogen-bond acceptors (Lipinski definition) is 5. The fraction of sp³-hybridized carbons (Fsp3) is 0.643. The van der Waals surface area contributed by atoms with E-state index < -0.39 is 0 Å². The van der Waals surface area contributed by atoms with Crippen LogP contribution in [0.4, 0.5) is 0 Å². The number of likely N-dealkylation sites (tertiary alicyclic amines) is 1. The molecule has 1 atom stereocenters. The lowest BCUT2D eigenvalue weighted by molar-refractivity contribution is 0.114. The SMILES string of the molecule is COc1ccnc(CN2CCCC(CO)C2)c1OC. The highest BCUT2D eigenvalue weighted by molar-refractivity contribution is 5.42. The number of rotatable bonds is 5. The number of nitrogens with zero attached hydrogens (tertiary/aromatic N) is 2. The summed E-state index contributed by atoms with van der Waals surface area (Å²) < 4.78 is 10.7. The number of aromatic nitrogens is 1. The van der Waals surface area contributed by atoms with Gasteiger partial charge < -0.3 is 14.6 Å². The Kier molecular flexibility index (Phi) is 4.99. The first kappa shape index (κ1) is 14.1. The molecule has 0 spiro atoms. The van der Waals surface area contributed by atoms with Crippen LogP contribution in [0, 0.1) is 5.92 Å². The minimum absolute atomic E-state index is 0.263. The Morgan fingerprint density at radius 1 is 1.42 bits per heavy atom. The van der Waals surface area contributed by atoms with Crippen molar-refractivity contribution in [2.45, 2.75) is 19.4 Å². The van der Waals surface area contributed by atoms with Crippen molar-refractivity contribution < 1.29 is 14.6 Å². The van der Waals surface area contributed by atoms with Crippen molar-refractivity contribution in [3.05, 3.63) is 18.0 Å². The van der Waals surface area contributed by atoms with Crippen molar-refractivity contribution >= 4 is 0 Å². The molecule has 5 heteroatoms. The number of aliphatic hydroxyl groups excluding tert-OH is 1. The zero-order chi connectivity index (χ0) is 13.7. The molecule has 1 fully saturated rings. The van der Waals surface area contributed by atoms with Crippen molar-refractivity contribution in [2.75, 3.05) is 33.9 Å². The van der Waals surface area contributed by atoms with Gasteiger partial charge in [0.15, 0.2) is 11.5 Å². The van der Waals surface area contributed by atoms with E-state index in [1.165, 1.54) is 0 Å². The van der Waals surface area contributed by atoms with Crippen molar-refractivity contribution in [3.8, 4) is 11.5 Å². The van der Waals surface area contributed by atoms with Crippen LogP contribution in [-0.2, 0) is 6.54 Å².